The molecule has 0 bridgehead atoms. The first-order valence-electron chi connectivity index (χ1n) is 11.0. The van der Waals surface area contributed by atoms with E-state index in [1.54, 1.807) is 6.07 Å². The van der Waals surface area contributed by atoms with Crippen molar-refractivity contribution in [3.8, 4) is 0 Å². The van der Waals surface area contributed by atoms with Crippen molar-refractivity contribution in [3.63, 3.8) is 0 Å². The Morgan fingerprint density at radius 1 is 1.16 bits per heavy atom. The first-order chi connectivity index (χ1) is 14.8. The minimum atomic E-state index is -3.55. The predicted molar refractivity (Wildman–Crippen MR) is 117 cm³/mol. The molecule has 8 heteroatoms. The van der Waals surface area contributed by atoms with Crippen molar-refractivity contribution in [3.05, 3.63) is 47.5 Å². The number of hydrogen-bond donors (Lipinski definition) is 0. The molecule has 2 aliphatic rings. The van der Waals surface area contributed by atoms with Gasteiger partial charge in [0.2, 0.25) is 5.95 Å². The van der Waals surface area contributed by atoms with E-state index in [0.717, 1.165) is 50.1 Å². The lowest BCUT2D eigenvalue weighted by Crippen LogP contribution is -2.35. The topological polar surface area (TPSA) is 72.4 Å². The maximum absolute atomic E-state index is 14.0. The minimum Gasteiger partial charge on any atom is -0.376 e. The summed E-state index contributed by atoms with van der Waals surface area (Å²) < 4.78 is 42.8. The molecule has 1 aromatic heterocycles. The van der Waals surface area contributed by atoms with E-state index in [-0.39, 0.29) is 4.90 Å². The second kappa shape index (κ2) is 9.20. The van der Waals surface area contributed by atoms with Gasteiger partial charge in [0.25, 0.3) is 0 Å². The summed E-state index contributed by atoms with van der Waals surface area (Å²) in [4.78, 5) is 11.0. The van der Waals surface area contributed by atoms with Gasteiger partial charge in [-0.2, -0.15) is 0 Å². The van der Waals surface area contributed by atoms with Crippen LogP contribution in [0.15, 0.2) is 35.5 Å². The van der Waals surface area contributed by atoms with E-state index in [4.69, 9.17) is 4.74 Å². The first-order valence-corrected chi connectivity index (χ1v) is 12.9. The van der Waals surface area contributed by atoms with Gasteiger partial charge < -0.3 is 9.64 Å². The molecule has 2 aromatic rings. The fourth-order valence-corrected chi connectivity index (χ4v) is 5.25. The Kier molecular flexibility index (Phi) is 6.57. The smallest absolute Gasteiger partial charge is 0.225 e. The fourth-order valence-electron chi connectivity index (χ4n) is 4.52. The molecule has 1 aromatic carbocycles. The molecular weight excluding hydrogens is 417 g/mol. The van der Waals surface area contributed by atoms with Crippen molar-refractivity contribution >= 4 is 15.8 Å². The number of rotatable bonds is 8. The van der Waals surface area contributed by atoms with Gasteiger partial charge in [-0.1, -0.05) is 13.0 Å². The van der Waals surface area contributed by atoms with Gasteiger partial charge in [0.15, 0.2) is 9.84 Å². The summed E-state index contributed by atoms with van der Waals surface area (Å²) in [6.07, 6.45) is 9.29. The van der Waals surface area contributed by atoms with Crippen molar-refractivity contribution in [2.75, 3.05) is 30.9 Å². The van der Waals surface area contributed by atoms with Gasteiger partial charge in [0.05, 0.1) is 13.2 Å². The molecule has 168 valence electrons. The number of sulfone groups is 1. The van der Waals surface area contributed by atoms with E-state index >= 15 is 0 Å². The highest BCUT2D eigenvalue weighted by Gasteiger charge is 2.43. The molecule has 6 nitrogen and oxygen atoms in total. The third kappa shape index (κ3) is 5.41. The van der Waals surface area contributed by atoms with E-state index in [9.17, 15) is 12.8 Å². The zero-order valence-corrected chi connectivity index (χ0v) is 18.9. The Hall–Kier alpha value is -2.06. The third-order valence-electron chi connectivity index (χ3n) is 6.50. The summed E-state index contributed by atoms with van der Waals surface area (Å²) in [7, 11) is -3.55. The number of halogens is 1. The van der Waals surface area contributed by atoms with Gasteiger partial charge in [-0.15, -0.1) is 0 Å². The molecule has 2 fully saturated rings. The summed E-state index contributed by atoms with van der Waals surface area (Å²) in [6, 6.07) is 4.19. The van der Waals surface area contributed by atoms with Crippen LogP contribution in [0.4, 0.5) is 10.3 Å². The molecule has 2 atom stereocenters. The van der Waals surface area contributed by atoms with Crippen molar-refractivity contribution in [1.29, 1.82) is 0 Å². The summed E-state index contributed by atoms with van der Waals surface area (Å²) >= 11 is 0. The first kappa shape index (κ1) is 22.1. The van der Waals surface area contributed by atoms with Gasteiger partial charge in [-0.05, 0) is 66.7 Å². The van der Waals surface area contributed by atoms with Crippen LogP contribution in [-0.4, -0.2) is 44.3 Å². The summed E-state index contributed by atoms with van der Waals surface area (Å²) in [5.41, 5.74) is 1.82. The molecule has 2 heterocycles. The van der Waals surface area contributed by atoms with E-state index in [0.29, 0.717) is 36.5 Å². The van der Waals surface area contributed by atoms with Gasteiger partial charge in [-0.3, -0.25) is 0 Å². The molecule has 4 rings (SSSR count). The van der Waals surface area contributed by atoms with E-state index in [1.165, 1.54) is 18.6 Å². The molecule has 0 N–H and O–H groups in total. The number of piperidine rings is 1. The predicted octanol–water partition coefficient (Wildman–Crippen LogP) is 3.65. The molecule has 1 aliphatic heterocycles. The molecule has 1 aliphatic carbocycles. The molecule has 0 spiro atoms. The standard InChI is InChI=1S/C23H30FN3O3S/c1-3-16-12-25-23(26-13-16)27-8-6-18(7-9-27)20-11-19(20)15-30-14-17-4-5-22(21(24)10-17)31(2,28)29/h4-5,10,12-13,18-20H,3,6-9,11,14-15H2,1-2H3/t19-,20+/m0/s1. The van der Waals surface area contributed by atoms with Crippen molar-refractivity contribution in [2.24, 2.45) is 17.8 Å². The number of aryl methyl sites for hydroxylation is 1. The van der Waals surface area contributed by atoms with Crippen LogP contribution in [0.3, 0.4) is 0 Å². The lowest BCUT2D eigenvalue weighted by molar-refractivity contribution is 0.104. The van der Waals surface area contributed by atoms with E-state index in [1.807, 2.05) is 12.4 Å². The maximum atomic E-state index is 14.0. The quantitative estimate of drug-likeness (QED) is 0.615. The highest BCUT2D eigenvalue weighted by molar-refractivity contribution is 7.90. The number of nitrogens with zero attached hydrogens (tertiary/aromatic N) is 3. The molecule has 0 unspecified atom stereocenters. The highest BCUT2D eigenvalue weighted by atomic mass is 32.2. The van der Waals surface area contributed by atoms with E-state index in [2.05, 4.69) is 21.8 Å². The average molecular weight is 448 g/mol. The van der Waals surface area contributed by atoms with Crippen LogP contribution in [0.2, 0.25) is 0 Å². The Bertz CT molecular complexity index is 1010. The number of benzene rings is 1. The number of hydrogen-bond acceptors (Lipinski definition) is 6. The van der Waals surface area contributed by atoms with Gasteiger partial charge in [-0.25, -0.2) is 22.8 Å². The molecule has 31 heavy (non-hydrogen) atoms. The van der Waals surface area contributed by atoms with Crippen LogP contribution < -0.4 is 4.90 Å². The van der Waals surface area contributed by atoms with Crippen molar-refractivity contribution < 1.29 is 17.5 Å². The number of ether oxygens (including phenoxy) is 1. The Balaban J connectivity index is 1.19. The normalized spacial score (nSPS) is 22.0. The Morgan fingerprint density at radius 3 is 2.48 bits per heavy atom. The zero-order valence-electron chi connectivity index (χ0n) is 18.1. The van der Waals surface area contributed by atoms with Gasteiger partial charge >= 0.3 is 0 Å². The largest absolute Gasteiger partial charge is 0.376 e. The summed E-state index contributed by atoms with van der Waals surface area (Å²) in [5.74, 6) is 2.10. The van der Waals surface area contributed by atoms with Gasteiger partial charge in [0.1, 0.15) is 10.7 Å². The van der Waals surface area contributed by atoms with Crippen molar-refractivity contribution in [1.82, 2.24) is 9.97 Å². The Morgan fingerprint density at radius 2 is 1.87 bits per heavy atom. The SMILES string of the molecule is CCc1cnc(N2CCC([C@H]3C[C@H]3COCc3ccc(S(C)(=O)=O)c(F)c3)CC2)nc1. The summed E-state index contributed by atoms with van der Waals surface area (Å²) in [5, 5.41) is 0. The highest BCUT2D eigenvalue weighted by Crippen LogP contribution is 2.48. The fraction of sp³-hybridized carbons (Fsp3) is 0.565. The minimum absolute atomic E-state index is 0.267. The molecule has 1 saturated carbocycles. The van der Waals surface area contributed by atoms with E-state index < -0.39 is 15.7 Å². The van der Waals surface area contributed by atoms with Crippen LogP contribution in [0.5, 0.6) is 0 Å². The monoisotopic (exact) mass is 447 g/mol. The molecule has 1 saturated heterocycles. The second-order valence-electron chi connectivity index (χ2n) is 8.78. The summed E-state index contributed by atoms with van der Waals surface area (Å²) in [6.45, 7) is 5.06. The van der Waals surface area contributed by atoms with Crippen LogP contribution >= 0.6 is 0 Å². The Labute approximate surface area is 183 Å². The van der Waals surface area contributed by atoms with Crippen molar-refractivity contribution in [2.45, 2.75) is 44.1 Å². The lowest BCUT2D eigenvalue weighted by atomic mass is 9.91. The second-order valence-corrected chi connectivity index (χ2v) is 10.8. The zero-order chi connectivity index (χ0) is 22.0. The van der Waals surface area contributed by atoms with Crippen LogP contribution in [0.1, 0.15) is 37.3 Å². The molecule has 0 amide bonds. The maximum Gasteiger partial charge on any atom is 0.225 e. The van der Waals surface area contributed by atoms with Crippen LogP contribution in [0, 0.1) is 23.6 Å². The number of anilines is 1. The lowest BCUT2D eigenvalue weighted by Gasteiger charge is -2.32. The number of aromatic nitrogens is 2. The van der Waals surface area contributed by atoms with Gasteiger partial charge in [0, 0.05) is 31.7 Å². The van der Waals surface area contributed by atoms with Crippen LogP contribution in [0.25, 0.3) is 0 Å². The van der Waals surface area contributed by atoms with Crippen LogP contribution in [-0.2, 0) is 27.6 Å². The molecule has 0 radical (unpaired) electrons. The molecular formula is C23H30FN3O3S. The average Bonchev–Trinajstić information content (AvgIpc) is 3.53. The third-order valence-corrected chi connectivity index (χ3v) is 7.63.